The highest BCUT2D eigenvalue weighted by Gasteiger charge is 2.14. The Bertz CT molecular complexity index is 504. The van der Waals surface area contributed by atoms with Crippen LogP contribution in [-0.4, -0.2) is 54.3 Å². The standard InChI is InChI=1S/C19H31N3O2/c1-5-13-22(14-6-2)19(24)16-9-11-17(12-10-16)20-18(23)15-21(7-3)8-4/h9-12H,5-8,13-15H2,1-4H3,(H,20,23). The number of hydrogen-bond donors (Lipinski definition) is 1. The van der Waals surface area contributed by atoms with Gasteiger partial charge in [-0.05, 0) is 50.2 Å². The largest absolute Gasteiger partial charge is 0.339 e. The summed E-state index contributed by atoms with van der Waals surface area (Å²) in [4.78, 5) is 28.5. The first-order chi connectivity index (χ1) is 11.5. The summed E-state index contributed by atoms with van der Waals surface area (Å²) in [5.74, 6) is 0.0242. The summed E-state index contributed by atoms with van der Waals surface area (Å²) < 4.78 is 0. The molecule has 1 N–H and O–H groups in total. The van der Waals surface area contributed by atoms with E-state index in [0.29, 0.717) is 12.1 Å². The van der Waals surface area contributed by atoms with E-state index in [2.05, 4.69) is 24.1 Å². The Morgan fingerprint density at radius 2 is 1.46 bits per heavy atom. The van der Waals surface area contributed by atoms with Crippen molar-refractivity contribution in [2.45, 2.75) is 40.5 Å². The number of anilines is 1. The molecular formula is C19H31N3O2. The quantitative estimate of drug-likeness (QED) is 0.715. The molecule has 0 radical (unpaired) electrons. The summed E-state index contributed by atoms with van der Waals surface area (Å²) in [6.45, 7) is 11.8. The van der Waals surface area contributed by atoms with Crippen LogP contribution in [0.15, 0.2) is 24.3 Å². The van der Waals surface area contributed by atoms with Crippen LogP contribution in [0.25, 0.3) is 0 Å². The Balaban J connectivity index is 2.67. The Morgan fingerprint density at radius 3 is 1.92 bits per heavy atom. The lowest BCUT2D eigenvalue weighted by atomic mass is 10.1. The van der Waals surface area contributed by atoms with Crippen LogP contribution in [0.2, 0.25) is 0 Å². The number of nitrogens with zero attached hydrogens (tertiary/aromatic N) is 2. The first kappa shape index (κ1) is 20.2. The molecule has 134 valence electrons. The molecule has 0 saturated carbocycles. The van der Waals surface area contributed by atoms with Crippen molar-refractivity contribution in [1.29, 1.82) is 0 Å². The predicted molar refractivity (Wildman–Crippen MR) is 99.3 cm³/mol. The first-order valence-corrected chi connectivity index (χ1v) is 8.97. The highest BCUT2D eigenvalue weighted by atomic mass is 16.2. The van der Waals surface area contributed by atoms with Gasteiger partial charge >= 0.3 is 0 Å². The Kier molecular flexibility index (Phi) is 9.08. The fourth-order valence-corrected chi connectivity index (χ4v) is 2.58. The molecule has 0 atom stereocenters. The maximum absolute atomic E-state index is 12.5. The van der Waals surface area contributed by atoms with Crippen LogP contribution in [0.1, 0.15) is 50.9 Å². The molecule has 2 amide bonds. The van der Waals surface area contributed by atoms with Crippen molar-refractivity contribution in [2.75, 3.05) is 38.0 Å². The highest BCUT2D eigenvalue weighted by Crippen LogP contribution is 2.12. The summed E-state index contributed by atoms with van der Waals surface area (Å²) in [7, 11) is 0. The van der Waals surface area contributed by atoms with Gasteiger partial charge < -0.3 is 10.2 Å². The maximum atomic E-state index is 12.5. The summed E-state index contributed by atoms with van der Waals surface area (Å²) in [6.07, 6.45) is 1.90. The van der Waals surface area contributed by atoms with Crippen molar-refractivity contribution >= 4 is 17.5 Å². The molecule has 0 aliphatic carbocycles. The number of nitrogens with one attached hydrogen (secondary N) is 1. The molecule has 24 heavy (non-hydrogen) atoms. The summed E-state index contributed by atoms with van der Waals surface area (Å²) in [5.41, 5.74) is 1.39. The second-order valence-corrected chi connectivity index (χ2v) is 5.88. The van der Waals surface area contributed by atoms with Gasteiger partial charge in [-0.25, -0.2) is 0 Å². The highest BCUT2D eigenvalue weighted by molar-refractivity contribution is 5.96. The van der Waals surface area contributed by atoms with E-state index < -0.39 is 0 Å². The smallest absolute Gasteiger partial charge is 0.253 e. The minimum Gasteiger partial charge on any atom is -0.339 e. The number of hydrogen-bond acceptors (Lipinski definition) is 3. The SMILES string of the molecule is CCCN(CCC)C(=O)c1ccc(NC(=O)CN(CC)CC)cc1. The fourth-order valence-electron chi connectivity index (χ4n) is 2.58. The van der Waals surface area contributed by atoms with Crippen LogP contribution in [0.3, 0.4) is 0 Å². The third-order valence-electron chi connectivity index (χ3n) is 3.95. The Morgan fingerprint density at radius 1 is 0.917 bits per heavy atom. The molecule has 1 aromatic carbocycles. The van der Waals surface area contributed by atoms with Gasteiger partial charge in [0.1, 0.15) is 0 Å². The van der Waals surface area contributed by atoms with Crippen molar-refractivity contribution in [3.8, 4) is 0 Å². The number of carbonyl (C=O) groups excluding carboxylic acids is 2. The van der Waals surface area contributed by atoms with Crippen LogP contribution >= 0.6 is 0 Å². The number of carbonyl (C=O) groups is 2. The molecule has 0 saturated heterocycles. The van der Waals surface area contributed by atoms with Gasteiger partial charge in [-0.1, -0.05) is 27.7 Å². The number of amides is 2. The normalized spacial score (nSPS) is 10.7. The molecule has 5 nitrogen and oxygen atoms in total. The van der Waals surface area contributed by atoms with E-state index in [4.69, 9.17) is 0 Å². The minimum absolute atomic E-state index is 0.0311. The lowest BCUT2D eigenvalue weighted by molar-refractivity contribution is -0.117. The van der Waals surface area contributed by atoms with E-state index in [0.717, 1.165) is 44.7 Å². The van der Waals surface area contributed by atoms with Crippen LogP contribution in [0.4, 0.5) is 5.69 Å². The van der Waals surface area contributed by atoms with Gasteiger partial charge in [-0.3, -0.25) is 14.5 Å². The average molecular weight is 333 g/mol. The van der Waals surface area contributed by atoms with Crippen molar-refractivity contribution < 1.29 is 9.59 Å². The average Bonchev–Trinajstić information content (AvgIpc) is 2.59. The summed E-state index contributed by atoms with van der Waals surface area (Å²) in [5, 5.41) is 2.88. The molecule has 0 aliphatic heterocycles. The maximum Gasteiger partial charge on any atom is 0.253 e. The van der Waals surface area contributed by atoms with Gasteiger partial charge in [0.2, 0.25) is 5.91 Å². The molecule has 5 heteroatoms. The van der Waals surface area contributed by atoms with E-state index in [1.807, 2.05) is 18.7 Å². The second-order valence-electron chi connectivity index (χ2n) is 5.88. The van der Waals surface area contributed by atoms with Crippen LogP contribution < -0.4 is 5.32 Å². The van der Waals surface area contributed by atoms with Gasteiger partial charge in [0.05, 0.1) is 6.54 Å². The van der Waals surface area contributed by atoms with Crippen LogP contribution in [-0.2, 0) is 4.79 Å². The molecule has 0 bridgehead atoms. The van der Waals surface area contributed by atoms with Crippen molar-refractivity contribution in [1.82, 2.24) is 9.80 Å². The fraction of sp³-hybridized carbons (Fsp3) is 0.579. The first-order valence-electron chi connectivity index (χ1n) is 8.97. The topological polar surface area (TPSA) is 52.7 Å². The van der Waals surface area contributed by atoms with Gasteiger partial charge in [0.25, 0.3) is 5.91 Å². The number of benzene rings is 1. The zero-order valence-corrected chi connectivity index (χ0v) is 15.5. The van der Waals surface area contributed by atoms with E-state index >= 15 is 0 Å². The van der Waals surface area contributed by atoms with Gasteiger partial charge in [0.15, 0.2) is 0 Å². The molecule has 0 aliphatic rings. The van der Waals surface area contributed by atoms with Crippen LogP contribution in [0, 0.1) is 0 Å². The molecule has 0 spiro atoms. The number of likely N-dealkylation sites (N-methyl/N-ethyl adjacent to an activating group) is 1. The molecule has 0 unspecified atom stereocenters. The third kappa shape index (κ3) is 6.32. The third-order valence-corrected chi connectivity index (χ3v) is 3.95. The predicted octanol–water partition coefficient (Wildman–Crippen LogP) is 3.23. The summed E-state index contributed by atoms with van der Waals surface area (Å²) in [6, 6.07) is 7.16. The van der Waals surface area contributed by atoms with Crippen molar-refractivity contribution in [3.63, 3.8) is 0 Å². The van der Waals surface area contributed by atoms with E-state index in [1.165, 1.54) is 0 Å². The van der Waals surface area contributed by atoms with Gasteiger partial charge in [-0.15, -0.1) is 0 Å². The lowest BCUT2D eigenvalue weighted by Crippen LogP contribution is -2.33. The van der Waals surface area contributed by atoms with Gasteiger partial charge in [-0.2, -0.15) is 0 Å². The second kappa shape index (κ2) is 10.8. The molecule has 0 aromatic heterocycles. The van der Waals surface area contributed by atoms with Crippen molar-refractivity contribution in [3.05, 3.63) is 29.8 Å². The Hall–Kier alpha value is -1.88. The zero-order chi connectivity index (χ0) is 17.9. The monoisotopic (exact) mass is 333 g/mol. The zero-order valence-electron chi connectivity index (χ0n) is 15.5. The summed E-state index contributed by atoms with van der Waals surface area (Å²) >= 11 is 0. The van der Waals surface area contributed by atoms with Gasteiger partial charge in [0, 0.05) is 24.3 Å². The van der Waals surface area contributed by atoms with E-state index in [1.54, 1.807) is 24.3 Å². The molecular weight excluding hydrogens is 302 g/mol. The molecule has 1 rings (SSSR count). The lowest BCUT2D eigenvalue weighted by Gasteiger charge is -2.21. The molecule has 1 aromatic rings. The van der Waals surface area contributed by atoms with E-state index in [9.17, 15) is 9.59 Å². The van der Waals surface area contributed by atoms with Crippen LogP contribution in [0.5, 0.6) is 0 Å². The Labute approximate surface area is 146 Å². The van der Waals surface area contributed by atoms with E-state index in [-0.39, 0.29) is 11.8 Å². The molecule has 0 heterocycles. The molecule has 0 fully saturated rings. The number of rotatable bonds is 10. The van der Waals surface area contributed by atoms with Crippen molar-refractivity contribution in [2.24, 2.45) is 0 Å². The minimum atomic E-state index is -0.0311.